The number of H-pyrrole nitrogens is 1. The number of hydrogen-bond donors (Lipinski definition) is 2. The van der Waals surface area contributed by atoms with Crippen molar-refractivity contribution in [2.75, 3.05) is 0 Å². The van der Waals surface area contributed by atoms with E-state index in [0.29, 0.717) is 12.1 Å². The predicted octanol–water partition coefficient (Wildman–Crippen LogP) is 5.66. The normalized spacial score (nSPS) is 18.8. The maximum Gasteiger partial charge on any atom is 0.0480 e. The minimum atomic E-state index is 0.352. The third-order valence-electron chi connectivity index (χ3n) is 4.92. The van der Waals surface area contributed by atoms with Gasteiger partial charge in [-0.1, -0.05) is 46.3 Å². The lowest BCUT2D eigenvalue weighted by molar-refractivity contribution is 0.410. The molecule has 2 aromatic carbocycles. The lowest BCUT2D eigenvalue weighted by Gasteiger charge is -2.27. The highest BCUT2D eigenvalue weighted by Gasteiger charge is 2.25. The Morgan fingerprint density at radius 1 is 1.17 bits per heavy atom. The van der Waals surface area contributed by atoms with Gasteiger partial charge in [-0.2, -0.15) is 0 Å². The zero-order chi connectivity index (χ0) is 15.8. The maximum absolute atomic E-state index is 3.82. The molecule has 1 heterocycles. The minimum Gasteiger partial charge on any atom is -0.357 e. The van der Waals surface area contributed by atoms with Crippen LogP contribution in [0, 0.1) is 0 Å². The molecule has 0 amide bonds. The van der Waals surface area contributed by atoms with E-state index in [4.69, 9.17) is 0 Å². The van der Waals surface area contributed by atoms with Gasteiger partial charge in [-0.15, -0.1) is 0 Å². The van der Waals surface area contributed by atoms with Crippen LogP contribution in [0.25, 0.3) is 10.9 Å². The lowest BCUT2D eigenvalue weighted by Crippen LogP contribution is -2.27. The third-order valence-corrected chi connectivity index (χ3v) is 5.41. The van der Waals surface area contributed by atoms with Gasteiger partial charge in [0, 0.05) is 33.2 Å². The Labute approximate surface area is 145 Å². The molecule has 2 nitrogen and oxygen atoms in total. The van der Waals surface area contributed by atoms with Gasteiger partial charge >= 0.3 is 0 Å². The molecule has 1 aromatic heterocycles. The number of fused-ring (bicyclic) bond motifs is 3. The van der Waals surface area contributed by atoms with E-state index in [1.54, 1.807) is 0 Å². The van der Waals surface area contributed by atoms with Crippen molar-refractivity contribution in [2.45, 2.75) is 38.3 Å². The van der Waals surface area contributed by atoms with E-state index in [0.717, 1.165) is 4.47 Å². The summed E-state index contributed by atoms with van der Waals surface area (Å²) in [5.41, 5.74) is 5.47. The van der Waals surface area contributed by atoms with E-state index < -0.39 is 0 Å². The second-order valence-electron chi connectivity index (χ2n) is 6.45. The summed E-state index contributed by atoms with van der Waals surface area (Å²) in [6, 6.07) is 18.0. The van der Waals surface area contributed by atoms with E-state index in [1.165, 1.54) is 47.0 Å². The Bertz CT molecular complexity index is 822. The van der Waals surface area contributed by atoms with Gasteiger partial charge in [-0.05, 0) is 55.5 Å². The molecule has 3 heteroatoms. The summed E-state index contributed by atoms with van der Waals surface area (Å²) in [6.45, 7) is 2.25. The maximum atomic E-state index is 3.82. The highest BCUT2D eigenvalue weighted by atomic mass is 79.9. The van der Waals surface area contributed by atoms with Crippen molar-refractivity contribution in [1.29, 1.82) is 0 Å². The Morgan fingerprint density at radius 3 is 2.83 bits per heavy atom. The number of rotatable bonds is 3. The van der Waals surface area contributed by atoms with E-state index in [-0.39, 0.29) is 0 Å². The zero-order valence-corrected chi connectivity index (χ0v) is 14.9. The summed E-state index contributed by atoms with van der Waals surface area (Å²) in [4.78, 5) is 3.67. The summed E-state index contributed by atoms with van der Waals surface area (Å²) in [5.74, 6) is 0. The zero-order valence-electron chi connectivity index (χ0n) is 13.3. The molecule has 118 valence electrons. The van der Waals surface area contributed by atoms with Gasteiger partial charge < -0.3 is 10.3 Å². The van der Waals surface area contributed by atoms with Crippen LogP contribution in [0.15, 0.2) is 53.0 Å². The molecular weight excluding hydrogens is 348 g/mol. The van der Waals surface area contributed by atoms with Crippen molar-refractivity contribution in [3.8, 4) is 0 Å². The number of aryl methyl sites for hydroxylation is 1. The summed E-state index contributed by atoms with van der Waals surface area (Å²) < 4.78 is 1.15. The molecule has 0 bridgehead atoms. The van der Waals surface area contributed by atoms with Gasteiger partial charge in [0.05, 0.1) is 0 Å². The van der Waals surface area contributed by atoms with E-state index in [9.17, 15) is 0 Å². The van der Waals surface area contributed by atoms with Crippen LogP contribution in [0.1, 0.15) is 48.7 Å². The highest BCUT2D eigenvalue weighted by molar-refractivity contribution is 9.10. The predicted molar refractivity (Wildman–Crippen MR) is 99.7 cm³/mol. The quantitative estimate of drug-likeness (QED) is 0.613. The Kier molecular flexibility index (Phi) is 4.00. The first kappa shape index (κ1) is 15.0. The highest BCUT2D eigenvalue weighted by Crippen LogP contribution is 2.36. The average Bonchev–Trinajstić information content (AvgIpc) is 2.95. The SMILES string of the molecule is C[C@@H](NC1CCCc2c1[nH]c1ccc(Br)cc21)c1ccccc1. The molecule has 1 unspecified atom stereocenters. The number of aromatic amines is 1. The van der Waals surface area contributed by atoms with Crippen molar-refractivity contribution >= 4 is 26.8 Å². The molecule has 3 aromatic rings. The fourth-order valence-corrected chi connectivity index (χ4v) is 4.10. The first-order valence-corrected chi connectivity index (χ1v) is 9.12. The molecule has 0 aliphatic heterocycles. The average molecular weight is 369 g/mol. The lowest BCUT2D eigenvalue weighted by atomic mass is 9.91. The Morgan fingerprint density at radius 2 is 2.00 bits per heavy atom. The standard InChI is InChI=1S/C20H21BrN2/c1-13(14-6-3-2-4-7-14)22-19-9-5-8-16-17-12-15(21)10-11-18(17)23-20(16)19/h2-4,6-7,10-13,19,22-23H,5,8-9H2,1H3/t13-,19?/m1/s1. The van der Waals surface area contributed by atoms with Gasteiger partial charge in [0.1, 0.15) is 0 Å². The van der Waals surface area contributed by atoms with E-state index >= 15 is 0 Å². The van der Waals surface area contributed by atoms with Crippen LogP contribution in [0.4, 0.5) is 0 Å². The number of nitrogens with one attached hydrogen (secondary N) is 2. The van der Waals surface area contributed by atoms with Crippen molar-refractivity contribution < 1.29 is 0 Å². The Balaban J connectivity index is 1.66. The molecule has 1 aliphatic rings. The smallest absolute Gasteiger partial charge is 0.0480 e. The van der Waals surface area contributed by atoms with Crippen LogP contribution in [-0.4, -0.2) is 4.98 Å². The second kappa shape index (κ2) is 6.14. The summed E-state index contributed by atoms with van der Waals surface area (Å²) in [5, 5.41) is 5.19. The third kappa shape index (κ3) is 2.84. The van der Waals surface area contributed by atoms with E-state index in [1.807, 2.05) is 0 Å². The van der Waals surface area contributed by atoms with Gasteiger partial charge in [0.2, 0.25) is 0 Å². The van der Waals surface area contributed by atoms with Crippen molar-refractivity contribution in [3.63, 3.8) is 0 Å². The van der Waals surface area contributed by atoms with Crippen LogP contribution in [-0.2, 0) is 6.42 Å². The molecule has 0 saturated carbocycles. The molecule has 2 N–H and O–H groups in total. The number of halogens is 1. The first-order valence-electron chi connectivity index (χ1n) is 8.33. The van der Waals surface area contributed by atoms with Gasteiger partial charge in [-0.25, -0.2) is 0 Å². The summed E-state index contributed by atoms with van der Waals surface area (Å²) in [6.07, 6.45) is 3.60. The summed E-state index contributed by atoms with van der Waals surface area (Å²) >= 11 is 3.60. The topological polar surface area (TPSA) is 27.8 Å². The van der Waals surface area contributed by atoms with Gasteiger partial charge in [0.25, 0.3) is 0 Å². The van der Waals surface area contributed by atoms with Crippen LogP contribution >= 0.6 is 15.9 Å². The van der Waals surface area contributed by atoms with Crippen LogP contribution in [0.5, 0.6) is 0 Å². The van der Waals surface area contributed by atoms with Crippen LogP contribution in [0.2, 0.25) is 0 Å². The number of aromatic nitrogens is 1. The van der Waals surface area contributed by atoms with Crippen LogP contribution < -0.4 is 5.32 Å². The van der Waals surface area contributed by atoms with Crippen molar-refractivity contribution in [2.24, 2.45) is 0 Å². The molecule has 1 aliphatic carbocycles. The molecule has 0 saturated heterocycles. The minimum absolute atomic E-state index is 0.352. The van der Waals surface area contributed by atoms with E-state index in [2.05, 4.69) is 81.7 Å². The monoisotopic (exact) mass is 368 g/mol. The molecule has 4 rings (SSSR count). The fourth-order valence-electron chi connectivity index (χ4n) is 3.74. The van der Waals surface area contributed by atoms with Gasteiger partial charge in [-0.3, -0.25) is 0 Å². The molecular formula is C20H21BrN2. The second-order valence-corrected chi connectivity index (χ2v) is 7.37. The first-order chi connectivity index (χ1) is 11.2. The Hall–Kier alpha value is -1.58. The molecule has 2 atom stereocenters. The van der Waals surface area contributed by atoms with Crippen molar-refractivity contribution in [3.05, 3.63) is 69.8 Å². The van der Waals surface area contributed by atoms with Crippen molar-refractivity contribution in [1.82, 2.24) is 10.3 Å². The number of benzene rings is 2. The molecule has 0 radical (unpaired) electrons. The molecule has 0 fully saturated rings. The van der Waals surface area contributed by atoms with Crippen LogP contribution in [0.3, 0.4) is 0 Å². The largest absolute Gasteiger partial charge is 0.357 e. The summed E-state index contributed by atoms with van der Waals surface area (Å²) in [7, 11) is 0. The van der Waals surface area contributed by atoms with Gasteiger partial charge in [0.15, 0.2) is 0 Å². The molecule has 23 heavy (non-hydrogen) atoms. The fraction of sp³-hybridized carbons (Fsp3) is 0.300. The molecule has 0 spiro atoms. The number of hydrogen-bond acceptors (Lipinski definition) is 1.